The molecule has 0 spiro atoms. The molecule has 0 atom stereocenters. The zero-order valence-electron chi connectivity index (χ0n) is 16.9. The van der Waals surface area contributed by atoms with Crippen LogP contribution in [0.4, 0.5) is 0 Å². The Morgan fingerprint density at radius 3 is 1.93 bits per heavy atom. The predicted molar refractivity (Wildman–Crippen MR) is 129 cm³/mol. The molecule has 0 amide bonds. The summed E-state index contributed by atoms with van der Waals surface area (Å²) in [5.74, 6) is 0. The fourth-order valence-electron chi connectivity index (χ4n) is 4.56. The van der Waals surface area contributed by atoms with Gasteiger partial charge in [-0.2, -0.15) is 0 Å². The first-order valence-electron chi connectivity index (χ1n) is 10.4. The van der Waals surface area contributed by atoms with Gasteiger partial charge in [0.2, 0.25) is 0 Å². The maximum Gasteiger partial charge on any atom is 0.0412 e. The van der Waals surface area contributed by atoms with E-state index < -0.39 is 0 Å². The van der Waals surface area contributed by atoms with E-state index in [4.69, 9.17) is 11.6 Å². The zero-order valence-corrected chi connectivity index (χ0v) is 17.6. The Bertz CT molecular complexity index is 1250. The molecule has 0 heterocycles. The van der Waals surface area contributed by atoms with Gasteiger partial charge < -0.3 is 0 Å². The summed E-state index contributed by atoms with van der Waals surface area (Å²) in [6.45, 7) is 3.98. The standard InChI is InChI=1S/C29H23Cl/c1-2-20-11-12-22-14-13-21-7-3-5-9-26(21)27-10-6-4-8-23(27)18-24-15-16-25(30)19-29(24)28(22)17-20/h2-12,15-17,19H,1,13-14,18H2. The molecule has 0 aromatic heterocycles. The summed E-state index contributed by atoms with van der Waals surface area (Å²) in [4.78, 5) is 0. The molecular weight excluding hydrogens is 384 g/mol. The smallest absolute Gasteiger partial charge is 0.0412 e. The normalized spacial score (nSPS) is 12.6. The zero-order chi connectivity index (χ0) is 20.5. The largest absolute Gasteiger partial charge is 0.0985 e. The van der Waals surface area contributed by atoms with E-state index >= 15 is 0 Å². The highest BCUT2D eigenvalue weighted by Gasteiger charge is 2.17. The minimum Gasteiger partial charge on any atom is -0.0985 e. The van der Waals surface area contributed by atoms with E-state index in [9.17, 15) is 0 Å². The number of hydrogen-bond donors (Lipinski definition) is 0. The average Bonchev–Trinajstić information content (AvgIpc) is 2.81. The monoisotopic (exact) mass is 406 g/mol. The fraction of sp³-hybridized carbons (Fsp3) is 0.103. The highest BCUT2D eigenvalue weighted by atomic mass is 35.5. The van der Waals surface area contributed by atoms with E-state index in [2.05, 4.69) is 85.4 Å². The van der Waals surface area contributed by atoms with Crippen molar-refractivity contribution in [2.24, 2.45) is 0 Å². The number of fused-ring (bicyclic) bond motifs is 6. The summed E-state index contributed by atoms with van der Waals surface area (Å²) in [5.41, 5.74) is 11.7. The molecule has 1 heteroatoms. The summed E-state index contributed by atoms with van der Waals surface area (Å²) in [5, 5.41) is 0.773. The molecule has 0 bridgehead atoms. The number of halogens is 1. The van der Waals surface area contributed by atoms with Crippen LogP contribution in [0.1, 0.15) is 27.8 Å². The Morgan fingerprint density at radius 2 is 1.17 bits per heavy atom. The third kappa shape index (κ3) is 3.49. The SMILES string of the molecule is C=Cc1ccc2c(c1)-c1cc(Cl)ccc1Cc1ccccc1-c1ccccc1CC2. The van der Waals surface area contributed by atoms with Gasteiger partial charge in [-0.25, -0.2) is 0 Å². The van der Waals surface area contributed by atoms with Crippen molar-refractivity contribution in [1.29, 1.82) is 0 Å². The van der Waals surface area contributed by atoms with Crippen LogP contribution in [0.3, 0.4) is 0 Å². The third-order valence-electron chi connectivity index (χ3n) is 6.10. The summed E-state index contributed by atoms with van der Waals surface area (Å²) >= 11 is 6.47. The van der Waals surface area contributed by atoms with Crippen molar-refractivity contribution in [3.8, 4) is 22.3 Å². The van der Waals surface area contributed by atoms with E-state index in [-0.39, 0.29) is 0 Å². The first kappa shape index (κ1) is 18.9. The summed E-state index contributed by atoms with van der Waals surface area (Å²) in [6, 6.07) is 30.6. The second-order valence-corrected chi connectivity index (χ2v) is 8.35. The van der Waals surface area contributed by atoms with E-state index in [1.165, 1.54) is 44.5 Å². The van der Waals surface area contributed by atoms with Crippen LogP contribution < -0.4 is 0 Å². The number of hydrogen-bond acceptors (Lipinski definition) is 0. The second-order valence-electron chi connectivity index (χ2n) is 7.91. The molecule has 0 radical (unpaired) electrons. The van der Waals surface area contributed by atoms with Crippen molar-refractivity contribution in [1.82, 2.24) is 0 Å². The molecule has 0 saturated heterocycles. The lowest BCUT2D eigenvalue weighted by molar-refractivity contribution is 0.964. The molecule has 0 unspecified atom stereocenters. The fourth-order valence-corrected chi connectivity index (χ4v) is 4.73. The second kappa shape index (κ2) is 7.97. The van der Waals surface area contributed by atoms with Gasteiger partial charge in [0.1, 0.15) is 0 Å². The Kier molecular flexibility index (Phi) is 5.02. The maximum absolute atomic E-state index is 6.47. The molecule has 0 saturated carbocycles. The minimum absolute atomic E-state index is 0.773. The van der Waals surface area contributed by atoms with Crippen LogP contribution in [-0.2, 0) is 19.3 Å². The number of aryl methyl sites for hydroxylation is 2. The topological polar surface area (TPSA) is 0 Å². The average molecular weight is 407 g/mol. The van der Waals surface area contributed by atoms with Crippen molar-refractivity contribution in [2.45, 2.75) is 19.3 Å². The molecule has 0 N–H and O–H groups in total. The molecule has 4 aromatic carbocycles. The van der Waals surface area contributed by atoms with Crippen LogP contribution in [0.15, 0.2) is 91.5 Å². The molecule has 30 heavy (non-hydrogen) atoms. The Hall–Kier alpha value is -3.09. The molecule has 5 rings (SSSR count). The molecular formula is C29H23Cl. The van der Waals surface area contributed by atoms with Gasteiger partial charge in [0, 0.05) is 5.02 Å². The van der Waals surface area contributed by atoms with Gasteiger partial charge >= 0.3 is 0 Å². The van der Waals surface area contributed by atoms with Crippen LogP contribution in [0.5, 0.6) is 0 Å². The molecule has 1 aliphatic rings. The number of benzene rings is 4. The van der Waals surface area contributed by atoms with E-state index in [0.717, 1.165) is 29.8 Å². The lowest BCUT2D eigenvalue weighted by atomic mass is 9.89. The molecule has 4 aromatic rings. The Balaban J connectivity index is 1.80. The van der Waals surface area contributed by atoms with Gasteiger partial charge in [-0.15, -0.1) is 0 Å². The molecule has 146 valence electrons. The van der Waals surface area contributed by atoms with Gasteiger partial charge in [-0.3, -0.25) is 0 Å². The molecule has 0 fully saturated rings. The van der Waals surface area contributed by atoms with Crippen LogP contribution in [0, 0.1) is 0 Å². The van der Waals surface area contributed by atoms with Gasteiger partial charge in [0.05, 0.1) is 0 Å². The van der Waals surface area contributed by atoms with Gasteiger partial charge in [0.15, 0.2) is 0 Å². The van der Waals surface area contributed by atoms with Crippen LogP contribution >= 0.6 is 11.6 Å². The number of rotatable bonds is 1. The predicted octanol–water partition coefficient (Wildman–Crippen LogP) is 8.01. The first-order valence-corrected chi connectivity index (χ1v) is 10.8. The van der Waals surface area contributed by atoms with Crippen molar-refractivity contribution in [2.75, 3.05) is 0 Å². The Labute approximate surface area is 183 Å². The van der Waals surface area contributed by atoms with Crippen LogP contribution in [0.2, 0.25) is 5.02 Å². The maximum atomic E-state index is 6.47. The molecule has 1 aliphatic carbocycles. The van der Waals surface area contributed by atoms with E-state index in [0.29, 0.717) is 0 Å². The molecule has 0 nitrogen and oxygen atoms in total. The van der Waals surface area contributed by atoms with E-state index in [1.807, 2.05) is 12.1 Å². The quantitative estimate of drug-likeness (QED) is 0.300. The lowest BCUT2D eigenvalue weighted by Crippen LogP contribution is -1.97. The van der Waals surface area contributed by atoms with Crippen LogP contribution in [0.25, 0.3) is 28.3 Å². The van der Waals surface area contributed by atoms with Crippen molar-refractivity contribution >= 4 is 17.7 Å². The highest BCUT2D eigenvalue weighted by molar-refractivity contribution is 6.30. The summed E-state index contributed by atoms with van der Waals surface area (Å²) in [6.07, 6.45) is 4.77. The third-order valence-corrected chi connectivity index (χ3v) is 6.34. The van der Waals surface area contributed by atoms with E-state index in [1.54, 1.807) is 0 Å². The summed E-state index contributed by atoms with van der Waals surface area (Å²) < 4.78 is 0. The lowest BCUT2D eigenvalue weighted by Gasteiger charge is -2.16. The van der Waals surface area contributed by atoms with Gasteiger partial charge in [-0.05, 0) is 87.5 Å². The van der Waals surface area contributed by atoms with Crippen molar-refractivity contribution in [3.05, 3.63) is 124 Å². The van der Waals surface area contributed by atoms with Crippen LogP contribution in [-0.4, -0.2) is 0 Å². The van der Waals surface area contributed by atoms with Gasteiger partial charge in [0.25, 0.3) is 0 Å². The first-order chi connectivity index (χ1) is 14.7. The van der Waals surface area contributed by atoms with Crippen molar-refractivity contribution in [3.63, 3.8) is 0 Å². The minimum atomic E-state index is 0.773. The Morgan fingerprint density at radius 1 is 0.600 bits per heavy atom. The van der Waals surface area contributed by atoms with Gasteiger partial charge in [-0.1, -0.05) is 91.0 Å². The summed E-state index contributed by atoms with van der Waals surface area (Å²) in [7, 11) is 0. The van der Waals surface area contributed by atoms with Crippen molar-refractivity contribution < 1.29 is 0 Å². The highest BCUT2D eigenvalue weighted by Crippen LogP contribution is 2.37. The molecule has 0 aliphatic heterocycles.